The zero-order valence-corrected chi connectivity index (χ0v) is 14.4. The van der Waals surface area contributed by atoms with Gasteiger partial charge in [0.25, 0.3) is 0 Å². The molecule has 1 aliphatic carbocycles. The maximum atomic E-state index is 12.1. The third kappa shape index (κ3) is 3.70. The third-order valence-corrected chi connectivity index (χ3v) is 5.47. The third-order valence-electron chi connectivity index (χ3n) is 4.60. The maximum absolute atomic E-state index is 12.1. The molecule has 1 heterocycles. The second-order valence-corrected chi connectivity index (χ2v) is 7.65. The minimum atomic E-state index is -0.375. The number of H-pyrrole nitrogens is 1. The van der Waals surface area contributed by atoms with Crippen molar-refractivity contribution in [3.63, 3.8) is 0 Å². The summed E-state index contributed by atoms with van der Waals surface area (Å²) in [6.07, 6.45) is 4.10. The van der Waals surface area contributed by atoms with Crippen molar-refractivity contribution < 1.29 is 14.6 Å². The Hall–Kier alpha value is -2.08. The Kier molecular flexibility index (Phi) is 4.76. The second-order valence-electron chi connectivity index (χ2n) is 6.59. The maximum Gasteiger partial charge on any atom is 0.307 e. The lowest BCUT2D eigenvalue weighted by molar-refractivity contribution is -0.132. The number of ether oxygens (including phenoxy) is 1. The molecule has 0 spiro atoms. The van der Waals surface area contributed by atoms with Gasteiger partial charge in [0.2, 0.25) is 5.88 Å². The molecule has 24 heavy (non-hydrogen) atoms. The average molecular weight is 347 g/mol. The van der Waals surface area contributed by atoms with Crippen LogP contribution in [-0.2, 0) is 11.2 Å². The number of nitrogens with one attached hydrogen (secondary N) is 1. The van der Waals surface area contributed by atoms with Crippen LogP contribution < -0.4 is 9.61 Å². The van der Waals surface area contributed by atoms with Crippen LogP contribution in [0.25, 0.3) is 0 Å². The molecule has 0 bridgehead atoms. The van der Waals surface area contributed by atoms with Gasteiger partial charge in [0, 0.05) is 12.8 Å². The highest BCUT2D eigenvalue weighted by Gasteiger charge is 2.35. The summed E-state index contributed by atoms with van der Waals surface area (Å²) >= 11 is 1.01. The van der Waals surface area contributed by atoms with Crippen LogP contribution in [0.2, 0.25) is 0 Å². The van der Waals surface area contributed by atoms with Crippen LogP contribution in [0, 0.1) is 5.41 Å². The lowest BCUT2D eigenvalue weighted by Gasteiger charge is -2.31. The van der Waals surface area contributed by atoms with Crippen molar-refractivity contribution in [1.82, 2.24) is 4.98 Å². The average Bonchev–Trinajstić information content (AvgIpc) is 2.87. The van der Waals surface area contributed by atoms with Crippen LogP contribution in [0.3, 0.4) is 0 Å². The van der Waals surface area contributed by atoms with Crippen molar-refractivity contribution in [2.24, 2.45) is 5.41 Å². The number of carbonyl (C=O) groups is 1. The fourth-order valence-electron chi connectivity index (χ4n) is 3.00. The Balaban J connectivity index is 1.61. The number of carbonyl (C=O) groups excluding carboxylic acids is 1. The number of thiazole rings is 1. The van der Waals surface area contributed by atoms with Crippen LogP contribution >= 0.6 is 11.3 Å². The highest BCUT2D eigenvalue weighted by molar-refractivity contribution is 7.09. The lowest BCUT2D eigenvalue weighted by atomic mass is 9.75. The number of aromatic hydroxyl groups is 1. The van der Waals surface area contributed by atoms with Crippen LogP contribution in [0.1, 0.15) is 43.0 Å². The van der Waals surface area contributed by atoms with Gasteiger partial charge in [-0.1, -0.05) is 29.9 Å². The van der Waals surface area contributed by atoms with Gasteiger partial charge in [0.1, 0.15) is 18.1 Å². The molecule has 0 aliphatic heterocycles. The standard InChI is InChI=1S/C18H21NO4S/c1-18(9-3-2-4-15(18)20)11-23-13-7-5-12(6-8-13)10-14-16(21)19-17(22)24-14/h5-8,21H,2-4,9-11H2,1H3,(H,19,22). The fourth-order valence-corrected chi connectivity index (χ4v) is 3.76. The van der Waals surface area contributed by atoms with Gasteiger partial charge in [-0.2, -0.15) is 0 Å². The van der Waals surface area contributed by atoms with Crippen molar-refractivity contribution in [2.75, 3.05) is 6.61 Å². The van der Waals surface area contributed by atoms with Gasteiger partial charge in [-0.15, -0.1) is 0 Å². The summed E-state index contributed by atoms with van der Waals surface area (Å²) in [6, 6.07) is 7.53. The quantitative estimate of drug-likeness (QED) is 0.870. The van der Waals surface area contributed by atoms with Crippen LogP contribution in [0.5, 0.6) is 11.6 Å². The Bertz CT molecular complexity index is 777. The molecule has 0 radical (unpaired) electrons. The summed E-state index contributed by atoms with van der Waals surface area (Å²) in [5.41, 5.74) is 0.605. The zero-order valence-electron chi connectivity index (χ0n) is 13.6. The van der Waals surface area contributed by atoms with E-state index in [2.05, 4.69) is 4.98 Å². The van der Waals surface area contributed by atoms with Gasteiger partial charge in [-0.25, -0.2) is 0 Å². The number of rotatable bonds is 5. The molecule has 0 amide bonds. The van der Waals surface area contributed by atoms with E-state index in [4.69, 9.17) is 4.74 Å². The van der Waals surface area contributed by atoms with E-state index in [9.17, 15) is 14.7 Å². The Labute approximate surface area is 144 Å². The summed E-state index contributed by atoms with van der Waals surface area (Å²) in [5, 5.41) is 9.63. The van der Waals surface area contributed by atoms with Gasteiger partial charge in [0.15, 0.2) is 0 Å². The number of aromatic amines is 1. The summed E-state index contributed by atoms with van der Waals surface area (Å²) in [4.78, 5) is 26.0. The molecular formula is C18H21NO4S. The summed E-state index contributed by atoms with van der Waals surface area (Å²) in [5.74, 6) is 0.960. The van der Waals surface area contributed by atoms with Gasteiger partial charge < -0.3 is 9.84 Å². The van der Waals surface area contributed by atoms with E-state index in [1.54, 1.807) is 0 Å². The van der Waals surface area contributed by atoms with Crippen LogP contribution in [0.15, 0.2) is 29.1 Å². The summed E-state index contributed by atoms with van der Waals surface area (Å²) in [6.45, 7) is 2.39. The largest absolute Gasteiger partial charge is 0.494 e. The molecule has 1 fully saturated rings. The van der Waals surface area contributed by atoms with E-state index in [-0.39, 0.29) is 16.2 Å². The predicted molar refractivity (Wildman–Crippen MR) is 92.9 cm³/mol. The van der Waals surface area contributed by atoms with Gasteiger partial charge in [0.05, 0.1) is 10.3 Å². The molecule has 128 valence electrons. The van der Waals surface area contributed by atoms with Crippen molar-refractivity contribution in [1.29, 1.82) is 0 Å². The Morgan fingerprint density at radius 1 is 1.25 bits per heavy atom. The molecule has 1 unspecified atom stereocenters. The molecule has 1 aliphatic rings. The number of ketones is 1. The van der Waals surface area contributed by atoms with Gasteiger partial charge in [-0.3, -0.25) is 14.6 Å². The first-order valence-corrected chi connectivity index (χ1v) is 8.94. The molecule has 6 heteroatoms. The first kappa shape index (κ1) is 16.8. The lowest BCUT2D eigenvalue weighted by Crippen LogP contribution is -2.36. The zero-order chi connectivity index (χ0) is 17.2. The molecule has 2 N–H and O–H groups in total. The molecule has 0 saturated heterocycles. The number of aromatic nitrogens is 1. The monoisotopic (exact) mass is 347 g/mol. The minimum absolute atomic E-state index is 0.0611. The van der Waals surface area contributed by atoms with E-state index in [1.807, 2.05) is 31.2 Å². The van der Waals surface area contributed by atoms with E-state index in [1.165, 1.54) is 0 Å². The van der Waals surface area contributed by atoms with Crippen LogP contribution in [-0.4, -0.2) is 22.5 Å². The number of hydrogen-bond donors (Lipinski definition) is 2. The first-order chi connectivity index (χ1) is 11.5. The van der Waals surface area contributed by atoms with Crippen molar-refractivity contribution in [2.45, 2.75) is 39.0 Å². The van der Waals surface area contributed by atoms with Gasteiger partial charge in [-0.05, 0) is 37.5 Å². The van der Waals surface area contributed by atoms with Crippen LogP contribution in [0.4, 0.5) is 0 Å². The molecule has 1 saturated carbocycles. The van der Waals surface area contributed by atoms with Crippen molar-refractivity contribution in [3.05, 3.63) is 44.4 Å². The minimum Gasteiger partial charge on any atom is -0.494 e. The summed E-state index contributed by atoms with van der Waals surface area (Å²) < 4.78 is 5.83. The van der Waals surface area contributed by atoms with Gasteiger partial charge >= 0.3 is 4.87 Å². The normalized spacial score (nSPS) is 21.0. The fraction of sp³-hybridized carbons (Fsp3) is 0.444. The summed E-state index contributed by atoms with van der Waals surface area (Å²) in [7, 11) is 0. The highest BCUT2D eigenvalue weighted by Crippen LogP contribution is 2.33. The SMILES string of the molecule is CC1(COc2ccc(Cc3sc(=O)[nH]c3O)cc2)CCCCC1=O. The first-order valence-electron chi connectivity index (χ1n) is 8.12. The number of hydrogen-bond acceptors (Lipinski definition) is 5. The second kappa shape index (κ2) is 6.81. The van der Waals surface area contributed by atoms with E-state index >= 15 is 0 Å². The Morgan fingerprint density at radius 3 is 2.62 bits per heavy atom. The van der Waals surface area contributed by atoms with Crippen molar-refractivity contribution in [3.8, 4) is 11.6 Å². The smallest absolute Gasteiger partial charge is 0.307 e. The van der Waals surface area contributed by atoms with E-state index < -0.39 is 0 Å². The molecule has 1 aromatic carbocycles. The van der Waals surface area contributed by atoms with Crippen molar-refractivity contribution >= 4 is 17.1 Å². The molecule has 5 nitrogen and oxygen atoms in total. The Morgan fingerprint density at radius 2 is 2.00 bits per heavy atom. The molecule has 1 aromatic heterocycles. The highest BCUT2D eigenvalue weighted by atomic mass is 32.1. The number of benzene rings is 1. The molecule has 2 aromatic rings. The predicted octanol–water partition coefficient (Wildman–Crippen LogP) is 3.26. The van der Waals surface area contributed by atoms with E-state index in [0.717, 1.165) is 41.9 Å². The number of Topliss-reactive ketones (excluding diaryl/α,β-unsaturated/α-hetero) is 1. The molecule has 3 rings (SSSR count). The van der Waals surface area contributed by atoms with E-state index in [0.29, 0.717) is 30.1 Å². The molecule has 1 atom stereocenters. The molecular weight excluding hydrogens is 326 g/mol. The topological polar surface area (TPSA) is 79.4 Å².